The first kappa shape index (κ1) is 29.3. The van der Waals surface area contributed by atoms with Gasteiger partial charge in [0.1, 0.15) is 29.5 Å². The van der Waals surface area contributed by atoms with Crippen LogP contribution < -0.4 is 15.5 Å². The Morgan fingerprint density at radius 1 is 1.18 bits per heavy atom. The Morgan fingerprint density at radius 3 is 2.50 bits per heavy atom. The van der Waals surface area contributed by atoms with Crippen LogP contribution in [-0.2, 0) is 29.0 Å². The van der Waals surface area contributed by atoms with Crippen molar-refractivity contribution < 1.29 is 42.2 Å². The first-order chi connectivity index (χ1) is 18.8. The van der Waals surface area contributed by atoms with Crippen molar-refractivity contribution in [2.45, 2.75) is 32.7 Å². The van der Waals surface area contributed by atoms with Crippen LogP contribution in [-0.4, -0.2) is 45.4 Å². The molecule has 2 heterocycles. The molecular weight excluding hydrogens is 549 g/mol. The van der Waals surface area contributed by atoms with Gasteiger partial charge in [-0.1, -0.05) is 36.4 Å². The van der Waals surface area contributed by atoms with Gasteiger partial charge in [0.2, 0.25) is 5.43 Å². The smallest absolute Gasteiger partial charge is 0.326 e. The van der Waals surface area contributed by atoms with Crippen molar-refractivity contribution in [3.63, 3.8) is 0 Å². The molecule has 3 aromatic rings. The van der Waals surface area contributed by atoms with Gasteiger partial charge in [0.15, 0.2) is 11.5 Å². The number of nitrogens with one attached hydrogen (secondary N) is 1. The lowest BCUT2D eigenvalue weighted by atomic mass is 9.77. The molecule has 0 saturated heterocycles. The van der Waals surface area contributed by atoms with Crippen LogP contribution in [0.15, 0.2) is 59.5 Å². The van der Waals surface area contributed by atoms with E-state index in [2.05, 4.69) is 5.32 Å². The summed E-state index contributed by atoms with van der Waals surface area (Å²) in [7, 11) is -3.43. The maximum Gasteiger partial charge on any atom is 0.326 e. The molecule has 1 aliphatic heterocycles. The van der Waals surface area contributed by atoms with Crippen LogP contribution in [0.4, 0.5) is 8.78 Å². The number of ketones is 1. The molecular formula is C27H27F2N2O8P. The lowest BCUT2D eigenvalue weighted by Crippen LogP contribution is -2.52. The summed E-state index contributed by atoms with van der Waals surface area (Å²) in [5.74, 6) is -3.84. The Labute approximate surface area is 227 Å². The minimum Gasteiger partial charge on any atom is -0.483 e. The third-order valence-electron chi connectivity index (χ3n) is 6.79. The third-order valence-corrected chi connectivity index (χ3v) is 7.86. The molecule has 0 spiro atoms. The van der Waals surface area contributed by atoms with E-state index in [1.165, 1.54) is 18.6 Å². The molecule has 10 nitrogen and oxygen atoms in total. The number of hydrogen-bond acceptors (Lipinski definition) is 6. The number of amides is 1. The van der Waals surface area contributed by atoms with Crippen LogP contribution in [0.1, 0.15) is 38.9 Å². The maximum absolute atomic E-state index is 14.1. The summed E-state index contributed by atoms with van der Waals surface area (Å²) in [6.07, 6.45) is -0.728. The van der Waals surface area contributed by atoms with E-state index in [-0.39, 0.29) is 31.0 Å². The highest BCUT2D eigenvalue weighted by atomic mass is 31.2. The van der Waals surface area contributed by atoms with Crippen molar-refractivity contribution in [2.24, 2.45) is 5.41 Å². The van der Waals surface area contributed by atoms with E-state index in [1.54, 1.807) is 30.3 Å². The third kappa shape index (κ3) is 6.05. The van der Waals surface area contributed by atoms with E-state index in [0.29, 0.717) is 11.6 Å². The van der Waals surface area contributed by atoms with E-state index in [9.17, 15) is 37.5 Å². The molecule has 13 heteroatoms. The summed E-state index contributed by atoms with van der Waals surface area (Å²) in [5.41, 5.74) is -2.70. The van der Waals surface area contributed by atoms with Gasteiger partial charge < -0.3 is 29.1 Å². The topological polar surface area (TPSA) is 144 Å². The second kappa shape index (κ2) is 11.4. The number of pyridine rings is 1. The standard InChI is InChI=1S/C27H27F2N2O8P/c1-27(15-40(35,36)37)21(38-2)13-31-12-19(26(34)30-11-17-8-9-18(28)10-20(17)29)23(32)24(22(31)25(27)33)39-14-16-6-4-3-5-7-16/h3-10,12,21H,11,13-15H2,1-2H3,(H,30,34)(H2,35,36,37). The van der Waals surface area contributed by atoms with E-state index >= 15 is 0 Å². The lowest BCUT2D eigenvalue weighted by Gasteiger charge is -2.41. The Balaban J connectivity index is 1.77. The van der Waals surface area contributed by atoms with Crippen molar-refractivity contribution in [1.29, 1.82) is 0 Å². The number of benzene rings is 2. The fourth-order valence-electron chi connectivity index (χ4n) is 4.71. The minimum atomic E-state index is -4.71. The van der Waals surface area contributed by atoms with E-state index < -0.39 is 65.3 Å². The van der Waals surface area contributed by atoms with Gasteiger partial charge in [-0.25, -0.2) is 8.78 Å². The summed E-state index contributed by atoms with van der Waals surface area (Å²) in [5, 5.41) is 2.42. The van der Waals surface area contributed by atoms with E-state index in [4.69, 9.17) is 9.47 Å². The van der Waals surface area contributed by atoms with Crippen LogP contribution in [0.2, 0.25) is 0 Å². The number of aromatic nitrogens is 1. The Morgan fingerprint density at radius 2 is 1.88 bits per heavy atom. The number of rotatable bonds is 9. The number of Topliss-reactive ketones (excluding diaryl/α,β-unsaturated/α-hetero) is 1. The van der Waals surface area contributed by atoms with Crippen molar-refractivity contribution in [2.75, 3.05) is 13.3 Å². The Bertz CT molecular complexity index is 1560. The number of hydrogen-bond donors (Lipinski definition) is 3. The van der Waals surface area contributed by atoms with Gasteiger partial charge in [-0.3, -0.25) is 18.9 Å². The molecule has 4 rings (SSSR count). The molecule has 2 atom stereocenters. The predicted octanol–water partition coefficient (Wildman–Crippen LogP) is 3.03. The minimum absolute atomic E-state index is 0.0174. The monoisotopic (exact) mass is 576 g/mol. The van der Waals surface area contributed by atoms with Crippen molar-refractivity contribution in [1.82, 2.24) is 9.88 Å². The van der Waals surface area contributed by atoms with Crippen LogP contribution in [0.25, 0.3) is 0 Å². The molecule has 40 heavy (non-hydrogen) atoms. The quantitative estimate of drug-likeness (QED) is 0.330. The second-order valence-electron chi connectivity index (χ2n) is 9.69. The molecule has 0 bridgehead atoms. The number of nitrogens with zero attached hydrogens (tertiary/aromatic N) is 1. The largest absolute Gasteiger partial charge is 0.483 e. The fourth-order valence-corrected chi connectivity index (χ4v) is 5.91. The van der Waals surface area contributed by atoms with E-state index in [1.807, 2.05) is 0 Å². The Kier molecular flexibility index (Phi) is 8.36. The average Bonchev–Trinajstić information content (AvgIpc) is 2.89. The molecule has 2 unspecified atom stereocenters. The summed E-state index contributed by atoms with van der Waals surface area (Å²) < 4.78 is 51.8. The molecule has 2 aromatic carbocycles. The van der Waals surface area contributed by atoms with Gasteiger partial charge in [0, 0.05) is 31.5 Å². The number of ether oxygens (including phenoxy) is 2. The van der Waals surface area contributed by atoms with Gasteiger partial charge in [-0.2, -0.15) is 0 Å². The number of methoxy groups -OCH3 is 1. The summed E-state index contributed by atoms with van der Waals surface area (Å²) >= 11 is 0. The van der Waals surface area contributed by atoms with Gasteiger partial charge >= 0.3 is 7.60 Å². The molecule has 1 amide bonds. The molecule has 0 aliphatic carbocycles. The average molecular weight is 576 g/mol. The lowest BCUT2D eigenvalue weighted by molar-refractivity contribution is -0.00776. The van der Waals surface area contributed by atoms with Crippen molar-refractivity contribution in [3.05, 3.63) is 99.0 Å². The zero-order valence-electron chi connectivity index (χ0n) is 21.6. The zero-order chi connectivity index (χ0) is 29.2. The second-order valence-corrected chi connectivity index (χ2v) is 11.3. The maximum atomic E-state index is 14.1. The van der Waals surface area contributed by atoms with Gasteiger partial charge in [0.05, 0.1) is 24.2 Å². The molecule has 1 aromatic heterocycles. The van der Waals surface area contributed by atoms with Crippen molar-refractivity contribution >= 4 is 19.3 Å². The number of carbonyl (C=O) groups excluding carboxylic acids is 2. The first-order valence-corrected chi connectivity index (χ1v) is 13.9. The normalized spacial score (nSPS) is 18.8. The van der Waals surface area contributed by atoms with Crippen LogP contribution in [0, 0.1) is 17.0 Å². The SMILES string of the molecule is COC1Cn2cc(C(=O)NCc3ccc(F)cc3F)c(=O)c(OCc3ccccc3)c2C(=O)C1(C)CP(=O)(O)O. The van der Waals surface area contributed by atoms with Gasteiger partial charge in [0.25, 0.3) is 5.91 Å². The number of carbonyl (C=O) groups is 2. The molecule has 1 aliphatic rings. The fraction of sp³-hybridized carbons (Fsp3) is 0.296. The van der Waals surface area contributed by atoms with Crippen molar-refractivity contribution in [3.8, 4) is 5.75 Å². The molecule has 212 valence electrons. The molecule has 0 radical (unpaired) electrons. The van der Waals surface area contributed by atoms with E-state index in [0.717, 1.165) is 18.3 Å². The van der Waals surface area contributed by atoms with Crippen LogP contribution in [0.3, 0.4) is 0 Å². The van der Waals surface area contributed by atoms with Crippen LogP contribution in [0.5, 0.6) is 5.75 Å². The van der Waals surface area contributed by atoms with Gasteiger partial charge in [-0.15, -0.1) is 0 Å². The summed E-state index contributed by atoms with van der Waals surface area (Å²) in [6.45, 7) is 0.704. The number of fused-ring (bicyclic) bond motifs is 1. The highest BCUT2D eigenvalue weighted by Crippen LogP contribution is 2.48. The van der Waals surface area contributed by atoms with Crippen LogP contribution >= 0.6 is 7.60 Å². The molecule has 0 saturated carbocycles. The Hall–Kier alpha value is -3.70. The van der Waals surface area contributed by atoms with Gasteiger partial charge in [-0.05, 0) is 18.6 Å². The molecule has 3 N–H and O–H groups in total. The predicted molar refractivity (Wildman–Crippen MR) is 139 cm³/mol. The first-order valence-electron chi connectivity index (χ1n) is 12.1. The molecule has 0 fully saturated rings. The summed E-state index contributed by atoms with van der Waals surface area (Å²) in [6, 6.07) is 11.5. The highest BCUT2D eigenvalue weighted by Gasteiger charge is 2.51. The zero-order valence-corrected chi connectivity index (χ0v) is 22.5. The number of halogens is 2. The summed E-state index contributed by atoms with van der Waals surface area (Å²) in [4.78, 5) is 59.8. The highest BCUT2D eigenvalue weighted by molar-refractivity contribution is 7.51.